The van der Waals surface area contributed by atoms with Crippen LogP contribution in [-0.2, 0) is 24.4 Å². The molecule has 0 saturated heterocycles. The van der Waals surface area contributed by atoms with E-state index in [0.717, 1.165) is 19.6 Å². The molecule has 0 bridgehead atoms. The lowest BCUT2D eigenvalue weighted by Crippen LogP contribution is -2.28. The molecular weight excluding hydrogens is 393 g/mol. The normalized spacial score (nSPS) is 12.4. The molecule has 1 aromatic carbocycles. The zero-order chi connectivity index (χ0) is 20.7. The predicted molar refractivity (Wildman–Crippen MR) is 89.4 cm³/mol. The summed E-state index contributed by atoms with van der Waals surface area (Å²) in [4.78, 5) is 11.5. The Kier molecular flexibility index (Phi) is 7.95. The van der Waals surface area contributed by atoms with Gasteiger partial charge in [-0.25, -0.2) is 4.79 Å². The van der Waals surface area contributed by atoms with Crippen molar-refractivity contribution < 1.29 is 44.8 Å². The Morgan fingerprint density at radius 2 is 1.81 bits per heavy atom. The molecule has 152 valence electrons. The highest BCUT2D eigenvalue weighted by atomic mass is 32.2. The van der Waals surface area contributed by atoms with Crippen molar-refractivity contribution in [3.8, 4) is 11.5 Å². The molecule has 7 nitrogen and oxygen atoms in total. The lowest BCUT2D eigenvalue weighted by molar-refractivity contribution is -0.139. The van der Waals surface area contributed by atoms with Crippen LogP contribution in [0.25, 0.3) is 6.08 Å². The number of methoxy groups -OCH3 is 2. The predicted octanol–water partition coefficient (Wildman–Crippen LogP) is 3.25. The van der Waals surface area contributed by atoms with Gasteiger partial charge in [0.2, 0.25) is 5.76 Å². The number of benzene rings is 1. The van der Waals surface area contributed by atoms with E-state index in [1.165, 1.54) is 25.3 Å². The molecule has 27 heavy (non-hydrogen) atoms. The molecule has 0 amide bonds. The van der Waals surface area contributed by atoms with E-state index in [0.29, 0.717) is 12.0 Å². The topological polar surface area (TPSA) is 88.1 Å². The highest BCUT2D eigenvalue weighted by Gasteiger charge is 2.49. The minimum Gasteiger partial charge on any atom is -0.490 e. The molecule has 0 aliphatic heterocycles. The molecule has 0 saturated carbocycles. The van der Waals surface area contributed by atoms with E-state index in [1.54, 1.807) is 0 Å². The van der Waals surface area contributed by atoms with E-state index >= 15 is 0 Å². The zero-order valence-corrected chi connectivity index (χ0v) is 15.6. The summed E-state index contributed by atoms with van der Waals surface area (Å²) in [6.45, 7) is 2.00. The fraction of sp³-hybridized carbons (Fsp3) is 0.438. The molecule has 0 aliphatic carbocycles. The van der Waals surface area contributed by atoms with E-state index in [-0.39, 0.29) is 18.1 Å². The summed E-state index contributed by atoms with van der Waals surface area (Å²) in [6.07, 6.45) is 2.57. The van der Waals surface area contributed by atoms with Crippen LogP contribution in [0.15, 0.2) is 24.0 Å². The molecule has 0 unspecified atom stereocenters. The first-order valence-electron chi connectivity index (χ1n) is 7.67. The molecule has 0 N–H and O–H groups in total. The maximum absolute atomic E-state index is 12.6. The Balaban J connectivity index is 3.29. The van der Waals surface area contributed by atoms with Crippen molar-refractivity contribution in [2.45, 2.75) is 25.3 Å². The number of carbonyl (C=O) groups is 1. The quantitative estimate of drug-likeness (QED) is 0.154. The van der Waals surface area contributed by atoms with Gasteiger partial charge in [0.1, 0.15) is 0 Å². The first kappa shape index (κ1) is 22.6. The fourth-order valence-electron chi connectivity index (χ4n) is 1.74. The summed E-state index contributed by atoms with van der Waals surface area (Å²) in [5.74, 6) is -1.80. The highest BCUT2D eigenvalue weighted by molar-refractivity contribution is 7.88. The van der Waals surface area contributed by atoms with Crippen LogP contribution in [0.2, 0.25) is 0 Å². The monoisotopic (exact) mass is 412 g/mol. The van der Waals surface area contributed by atoms with Crippen molar-refractivity contribution in [2.24, 2.45) is 0 Å². The first-order valence-corrected chi connectivity index (χ1v) is 9.08. The van der Waals surface area contributed by atoms with E-state index in [9.17, 15) is 26.4 Å². The molecule has 0 aliphatic rings. The Morgan fingerprint density at radius 3 is 2.33 bits per heavy atom. The number of rotatable bonds is 9. The van der Waals surface area contributed by atoms with Gasteiger partial charge in [0, 0.05) is 0 Å². The highest BCUT2D eigenvalue weighted by Crippen LogP contribution is 2.34. The number of hydrogen-bond acceptors (Lipinski definition) is 7. The average molecular weight is 412 g/mol. The zero-order valence-electron chi connectivity index (χ0n) is 14.8. The Morgan fingerprint density at radius 1 is 1.15 bits per heavy atom. The van der Waals surface area contributed by atoms with Crippen LogP contribution in [0, 0.1) is 0 Å². The molecule has 0 atom stereocenters. The molecule has 0 radical (unpaired) electrons. The number of alkyl halides is 3. The first-order chi connectivity index (χ1) is 12.6. The van der Waals surface area contributed by atoms with Crippen molar-refractivity contribution in [1.29, 1.82) is 0 Å². The fourth-order valence-corrected chi connectivity index (χ4v) is 2.21. The van der Waals surface area contributed by atoms with E-state index in [4.69, 9.17) is 9.47 Å². The second kappa shape index (κ2) is 9.49. The lowest BCUT2D eigenvalue weighted by atomic mass is 10.1. The van der Waals surface area contributed by atoms with Crippen LogP contribution in [0.1, 0.15) is 25.3 Å². The van der Waals surface area contributed by atoms with Gasteiger partial charge in [-0.3, -0.25) is 0 Å². The Labute approximate surface area is 154 Å². The van der Waals surface area contributed by atoms with Crippen molar-refractivity contribution >= 4 is 22.2 Å². The van der Waals surface area contributed by atoms with Gasteiger partial charge in [-0.15, -0.1) is 0 Å². The van der Waals surface area contributed by atoms with Crippen molar-refractivity contribution in [1.82, 2.24) is 0 Å². The second-order valence-electron chi connectivity index (χ2n) is 5.10. The number of esters is 1. The summed E-state index contributed by atoms with van der Waals surface area (Å²) >= 11 is 0. The van der Waals surface area contributed by atoms with Crippen molar-refractivity contribution in [3.63, 3.8) is 0 Å². The maximum atomic E-state index is 12.6. The molecule has 0 fully saturated rings. The molecular formula is C16H19F3O7S. The number of halogens is 3. The molecule has 11 heteroatoms. The third kappa shape index (κ3) is 6.35. The van der Waals surface area contributed by atoms with E-state index < -0.39 is 27.3 Å². The van der Waals surface area contributed by atoms with Crippen LogP contribution in [0.5, 0.6) is 11.5 Å². The van der Waals surface area contributed by atoms with Gasteiger partial charge in [-0.05, 0) is 30.2 Å². The number of ether oxygens (including phenoxy) is 3. The smallest absolute Gasteiger partial charge is 0.490 e. The summed E-state index contributed by atoms with van der Waals surface area (Å²) in [6, 6.07) is 3.44. The SMILES string of the molecule is CCCCOc1cc(C=C(OC)C(=O)OC)ccc1OS(=O)(=O)C(F)(F)F. The molecule has 0 heterocycles. The van der Waals surface area contributed by atoms with Crippen LogP contribution < -0.4 is 8.92 Å². The largest absolute Gasteiger partial charge is 0.534 e. The molecule has 1 rings (SSSR count). The van der Waals surface area contributed by atoms with Gasteiger partial charge in [0.25, 0.3) is 0 Å². The summed E-state index contributed by atoms with van der Waals surface area (Å²) in [7, 11) is -3.48. The molecule has 0 aromatic heterocycles. The van der Waals surface area contributed by atoms with Crippen LogP contribution in [-0.4, -0.2) is 40.7 Å². The standard InChI is InChI=1S/C16H19F3O7S/c1-4-5-8-25-13-9-11(10-14(23-2)15(20)24-3)6-7-12(13)26-27(21,22)16(17,18)19/h6-7,9-10H,4-5,8H2,1-3H3. The van der Waals surface area contributed by atoms with Crippen molar-refractivity contribution in [3.05, 3.63) is 29.5 Å². The minimum absolute atomic E-state index is 0.125. The number of carbonyl (C=O) groups excluding carboxylic acids is 1. The average Bonchev–Trinajstić information content (AvgIpc) is 2.59. The number of hydrogen-bond donors (Lipinski definition) is 0. The Hall–Kier alpha value is -2.43. The minimum atomic E-state index is -5.86. The molecule has 0 spiro atoms. The van der Waals surface area contributed by atoms with Gasteiger partial charge in [0.05, 0.1) is 20.8 Å². The van der Waals surface area contributed by atoms with Gasteiger partial charge >= 0.3 is 21.6 Å². The number of unbranched alkanes of at least 4 members (excludes halogenated alkanes) is 1. The van der Waals surface area contributed by atoms with E-state index in [1.807, 2.05) is 6.92 Å². The van der Waals surface area contributed by atoms with Gasteiger partial charge in [-0.2, -0.15) is 21.6 Å². The maximum Gasteiger partial charge on any atom is 0.534 e. The third-order valence-corrected chi connectivity index (χ3v) is 4.08. The van der Waals surface area contributed by atoms with Crippen LogP contribution >= 0.6 is 0 Å². The second-order valence-corrected chi connectivity index (χ2v) is 6.63. The summed E-state index contributed by atoms with van der Waals surface area (Å²) < 4.78 is 79.0. The third-order valence-electron chi connectivity index (χ3n) is 3.11. The van der Waals surface area contributed by atoms with Crippen molar-refractivity contribution in [2.75, 3.05) is 20.8 Å². The van der Waals surface area contributed by atoms with Gasteiger partial charge in [0.15, 0.2) is 11.5 Å². The van der Waals surface area contributed by atoms with Crippen LogP contribution in [0.3, 0.4) is 0 Å². The summed E-state index contributed by atoms with van der Waals surface area (Å²) in [5.41, 5.74) is -5.29. The lowest BCUT2D eigenvalue weighted by Gasteiger charge is -2.14. The van der Waals surface area contributed by atoms with Gasteiger partial charge < -0.3 is 18.4 Å². The van der Waals surface area contributed by atoms with E-state index in [2.05, 4.69) is 8.92 Å². The molecule has 1 aromatic rings. The van der Waals surface area contributed by atoms with Gasteiger partial charge in [-0.1, -0.05) is 19.4 Å². The summed E-state index contributed by atoms with van der Waals surface area (Å²) in [5, 5.41) is 0. The Bertz CT molecular complexity index is 786. The van der Waals surface area contributed by atoms with Crippen LogP contribution in [0.4, 0.5) is 13.2 Å².